The second-order valence-corrected chi connectivity index (χ2v) is 5.96. The fourth-order valence-electron chi connectivity index (χ4n) is 3.34. The van der Waals surface area contributed by atoms with Gasteiger partial charge in [0.2, 0.25) is 0 Å². The predicted octanol–water partition coefficient (Wildman–Crippen LogP) is 2.70. The molecule has 4 nitrogen and oxygen atoms in total. The average Bonchev–Trinajstić information content (AvgIpc) is 3.12. The first-order chi connectivity index (χ1) is 9.33. The highest BCUT2D eigenvalue weighted by molar-refractivity contribution is 5.50. The topological polar surface area (TPSA) is 32.3 Å². The summed E-state index contributed by atoms with van der Waals surface area (Å²) in [6, 6.07) is 2.15. The largest absolute Gasteiger partial charge is 0.359 e. The number of hydrogen-bond acceptors (Lipinski definition) is 4. The highest BCUT2D eigenvalue weighted by Crippen LogP contribution is 2.27. The number of aromatic nitrogens is 2. The Hall–Kier alpha value is -1.32. The molecule has 2 aliphatic rings. The normalized spacial score (nSPS) is 20.2. The van der Waals surface area contributed by atoms with Crippen molar-refractivity contribution in [2.45, 2.75) is 38.5 Å². The van der Waals surface area contributed by atoms with E-state index in [1.165, 1.54) is 38.5 Å². The monoisotopic (exact) mass is 260 g/mol. The maximum Gasteiger partial charge on any atom is 0.134 e. The van der Waals surface area contributed by atoms with Crippen LogP contribution in [0.5, 0.6) is 0 Å². The molecule has 1 saturated carbocycles. The molecule has 19 heavy (non-hydrogen) atoms. The lowest BCUT2D eigenvalue weighted by molar-refractivity contribution is 0.545. The molecule has 0 N–H and O–H groups in total. The first-order valence-corrected chi connectivity index (χ1v) is 7.61. The highest BCUT2D eigenvalue weighted by atomic mass is 15.2. The molecule has 4 heteroatoms. The molecule has 1 aliphatic heterocycles. The molecule has 0 atom stereocenters. The molecule has 104 valence electrons. The summed E-state index contributed by atoms with van der Waals surface area (Å²) in [7, 11) is 2.16. The van der Waals surface area contributed by atoms with Crippen molar-refractivity contribution in [2.75, 3.05) is 36.5 Å². The molecule has 2 heterocycles. The van der Waals surface area contributed by atoms with Gasteiger partial charge in [-0.2, -0.15) is 0 Å². The molecule has 3 rings (SSSR count). The van der Waals surface area contributed by atoms with Gasteiger partial charge in [-0.15, -0.1) is 0 Å². The Morgan fingerprint density at radius 3 is 2.63 bits per heavy atom. The smallest absolute Gasteiger partial charge is 0.134 e. The number of hydrogen-bond donors (Lipinski definition) is 0. The zero-order valence-electron chi connectivity index (χ0n) is 11.9. The van der Waals surface area contributed by atoms with Crippen LogP contribution in [-0.4, -0.2) is 36.6 Å². The maximum atomic E-state index is 4.44. The van der Waals surface area contributed by atoms with Crippen LogP contribution < -0.4 is 9.80 Å². The van der Waals surface area contributed by atoms with Gasteiger partial charge in [-0.05, 0) is 31.6 Å². The SMILES string of the molecule is CN(CC1CCCC1)c1cc(N2CCCC2)ncn1. The van der Waals surface area contributed by atoms with Crippen molar-refractivity contribution in [3.05, 3.63) is 12.4 Å². The lowest BCUT2D eigenvalue weighted by Gasteiger charge is -2.23. The maximum absolute atomic E-state index is 4.44. The lowest BCUT2D eigenvalue weighted by atomic mass is 10.1. The van der Waals surface area contributed by atoms with Crippen molar-refractivity contribution in [3.63, 3.8) is 0 Å². The standard InChI is InChI=1S/C15H24N4/c1-18(11-13-6-2-3-7-13)14-10-15(17-12-16-14)19-8-4-5-9-19/h10,12-13H,2-9,11H2,1H3. The molecule has 0 spiro atoms. The van der Waals surface area contributed by atoms with Crippen molar-refractivity contribution < 1.29 is 0 Å². The summed E-state index contributed by atoms with van der Waals surface area (Å²) < 4.78 is 0. The fourth-order valence-corrected chi connectivity index (χ4v) is 3.34. The fraction of sp³-hybridized carbons (Fsp3) is 0.733. The molecule has 0 amide bonds. The molecule has 0 aromatic carbocycles. The van der Waals surface area contributed by atoms with Gasteiger partial charge in [-0.25, -0.2) is 9.97 Å². The van der Waals surface area contributed by atoms with E-state index in [2.05, 4.69) is 32.9 Å². The van der Waals surface area contributed by atoms with Crippen molar-refractivity contribution in [2.24, 2.45) is 5.92 Å². The summed E-state index contributed by atoms with van der Waals surface area (Å²) in [5.41, 5.74) is 0. The summed E-state index contributed by atoms with van der Waals surface area (Å²) >= 11 is 0. The van der Waals surface area contributed by atoms with Crippen molar-refractivity contribution in [1.29, 1.82) is 0 Å². The van der Waals surface area contributed by atoms with E-state index in [4.69, 9.17) is 0 Å². The predicted molar refractivity (Wildman–Crippen MR) is 78.7 cm³/mol. The van der Waals surface area contributed by atoms with Gasteiger partial charge in [0.1, 0.15) is 18.0 Å². The minimum Gasteiger partial charge on any atom is -0.359 e. The third-order valence-corrected chi connectivity index (χ3v) is 4.47. The Balaban J connectivity index is 1.67. The van der Waals surface area contributed by atoms with E-state index in [9.17, 15) is 0 Å². The summed E-state index contributed by atoms with van der Waals surface area (Å²) in [4.78, 5) is 13.5. The first kappa shape index (κ1) is 12.7. The van der Waals surface area contributed by atoms with Gasteiger partial charge in [0, 0.05) is 32.7 Å². The minimum absolute atomic E-state index is 0.857. The van der Waals surface area contributed by atoms with E-state index in [0.717, 1.165) is 37.2 Å². The van der Waals surface area contributed by atoms with Crippen molar-refractivity contribution in [1.82, 2.24) is 9.97 Å². The molecule has 0 bridgehead atoms. The molecule has 0 radical (unpaired) electrons. The first-order valence-electron chi connectivity index (χ1n) is 7.61. The van der Waals surface area contributed by atoms with E-state index in [-0.39, 0.29) is 0 Å². The Kier molecular flexibility index (Phi) is 3.85. The van der Waals surface area contributed by atoms with Gasteiger partial charge in [-0.1, -0.05) is 12.8 Å². The van der Waals surface area contributed by atoms with E-state index in [0.29, 0.717) is 0 Å². The molecule has 2 fully saturated rings. The summed E-state index contributed by atoms with van der Waals surface area (Å²) in [6.45, 7) is 3.42. The molecular formula is C15H24N4. The third-order valence-electron chi connectivity index (χ3n) is 4.47. The van der Waals surface area contributed by atoms with Gasteiger partial charge >= 0.3 is 0 Å². The van der Waals surface area contributed by atoms with Gasteiger partial charge in [-0.3, -0.25) is 0 Å². The van der Waals surface area contributed by atoms with Crippen LogP contribution in [0.2, 0.25) is 0 Å². The second kappa shape index (κ2) is 5.76. The molecule has 1 aliphatic carbocycles. The van der Waals surface area contributed by atoms with E-state index < -0.39 is 0 Å². The number of anilines is 2. The minimum atomic E-state index is 0.857. The summed E-state index contributed by atoms with van der Waals surface area (Å²) in [5.74, 6) is 3.03. The lowest BCUT2D eigenvalue weighted by Crippen LogP contribution is -2.26. The molecule has 1 aromatic rings. The Morgan fingerprint density at radius 2 is 1.89 bits per heavy atom. The molecule has 1 aromatic heterocycles. The van der Waals surface area contributed by atoms with Crippen LogP contribution in [0.25, 0.3) is 0 Å². The number of nitrogens with zero attached hydrogens (tertiary/aromatic N) is 4. The zero-order valence-corrected chi connectivity index (χ0v) is 11.9. The second-order valence-electron chi connectivity index (χ2n) is 5.96. The van der Waals surface area contributed by atoms with Crippen LogP contribution in [0.4, 0.5) is 11.6 Å². The van der Waals surface area contributed by atoms with E-state index >= 15 is 0 Å². The Morgan fingerprint density at radius 1 is 1.16 bits per heavy atom. The van der Waals surface area contributed by atoms with Crippen LogP contribution >= 0.6 is 0 Å². The van der Waals surface area contributed by atoms with Gasteiger partial charge in [0.15, 0.2) is 0 Å². The zero-order chi connectivity index (χ0) is 13.1. The van der Waals surface area contributed by atoms with Gasteiger partial charge < -0.3 is 9.80 Å². The van der Waals surface area contributed by atoms with Crippen molar-refractivity contribution in [3.8, 4) is 0 Å². The van der Waals surface area contributed by atoms with Crippen molar-refractivity contribution >= 4 is 11.6 Å². The molecular weight excluding hydrogens is 236 g/mol. The van der Waals surface area contributed by atoms with E-state index in [1.54, 1.807) is 6.33 Å². The van der Waals surface area contributed by atoms with Crippen LogP contribution in [0.1, 0.15) is 38.5 Å². The summed E-state index contributed by atoms with van der Waals surface area (Å²) in [6.07, 6.45) is 9.87. The summed E-state index contributed by atoms with van der Waals surface area (Å²) in [5, 5.41) is 0. The molecule has 1 saturated heterocycles. The number of rotatable bonds is 4. The quantitative estimate of drug-likeness (QED) is 0.833. The van der Waals surface area contributed by atoms with Crippen LogP contribution in [0, 0.1) is 5.92 Å². The van der Waals surface area contributed by atoms with Crippen LogP contribution in [0.15, 0.2) is 12.4 Å². The van der Waals surface area contributed by atoms with Crippen LogP contribution in [-0.2, 0) is 0 Å². The Bertz CT molecular complexity index is 408. The molecule has 0 unspecified atom stereocenters. The highest BCUT2D eigenvalue weighted by Gasteiger charge is 2.19. The van der Waals surface area contributed by atoms with E-state index in [1.807, 2.05) is 0 Å². The average molecular weight is 260 g/mol. The van der Waals surface area contributed by atoms with Gasteiger partial charge in [0.25, 0.3) is 0 Å². The Labute approximate surface area is 115 Å². The third kappa shape index (κ3) is 2.99. The van der Waals surface area contributed by atoms with Gasteiger partial charge in [0.05, 0.1) is 0 Å². The van der Waals surface area contributed by atoms with Crippen LogP contribution in [0.3, 0.4) is 0 Å².